The molecule has 0 aromatic heterocycles. The van der Waals surface area contributed by atoms with Crippen LogP contribution in [0, 0.1) is 13.8 Å². The minimum absolute atomic E-state index is 0.241. The lowest BCUT2D eigenvalue weighted by Gasteiger charge is -2.14. The van der Waals surface area contributed by atoms with E-state index in [0.29, 0.717) is 39.1 Å². The van der Waals surface area contributed by atoms with Crippen LogP contribution in [-0.2, 0) is 16.0 Å². The maximum atomic E-state index is 12.5. The average molecular weight is 453 g/mol. The van der Waals surface area contributed by atoms with Gasteiger partial charge in [-0.3, -0.25) is 4.79 Å². The number of hydrogen-bond donors (Lipinski definition) is 2. The number of allylic oxidation sites excluding steroid dienone is 1. The van der Waals surface area contributed by atoms with Gasteiger partial charge in [-0.2, -0.15) is 0 Å². The van der Waals surface area contributed by atoms with E-state index >= 15 is 0 Å². The van der Waals surface area contributed by atoms with Gasteiger partial charge in [-0.15, -0.1) is 6.58 Å². The molecule has 8 heteroatoms. The summed E-state index contributed by atoms with van der Waals surface area (Å²) in [4.78, 5) is 28.5. The van der Waals surface area contributed by atoms with Crippen LogP contribution in [0.2, 0.25) is 0 Å². The first kappa shape index (κ1) is 23.1. The number of hydrogen-bond acceptors (Lipinski definition) is 6. The Bertz CT molecular complexity index is 1140. The molecule has 0 bridgehead atoms. The number of carboxylic acid groups (broad SMARTS) is 1. The number of aliphatic carboxylic acids is 1. The smallest absolute Gasteiger partial charge is 0.341 e. The fourth-order valence-corrected chi connectivity index (χ4v) is 3.96. The molecule has 1 aliphatic rings. The Morgan fingerprint density at radius 2 is 2.09 bits per heavy atom. The van der Waals surface area contributed by atoms with Crippen molar-refractivity contribution >= 4 is 40.6 Å². The summed E-state index contributed by atoms with van der Waals surface area (Å²) >= 11 is 1.25. The molecule has 0 aliphatic carbocycles. The first-order chi connectivity index (χ1) is 15.3. The van der Waals surface area contributed by atoms with Crippen LogP contribution < -0.4 is 14.8 Å². The molecule has 7 nitrogen and oxygen atoms in total. The molecule has 166 valence electrons. The number of rotatable bonds is 8. The highest BCUT2D eigenvalue weighted by molar-refractivity contribution is 8.18. The van der Waals surface area contributed by atoms with Gasteiger partial charge in [0, 0.05) is 5.56 Å². The van der Waals surface area contributed by atoms with Crippen molar-refractivity contribution in [2.45, 2.75) is 20.3 Å². The van der Waals surface area contributed by atoms with Gasteiger partial charge in [-0.25, -0.2) is 9.79 Å². The van der Waals surface area contributed by atoms with Crippen molar-refractivity contribution in [2.24, 2.45) is 4.99 Å². The second-order valence-electron chi connectivity index (χ2n) is 7.09. The Morgan fingerprint density at radius 1 is 1.31 bits per heavy atom. The van der Waals surface area contributed by atoms with Crippen molar-refractivity contribution in [3.63, 3.8) is 0 Å². The summed E-state index contributed by atoms with van der Waals surface area (Å²) in [5, 5.41) is 12.3. The molecule has 0 saturated carbocycles. The second-order valence-corrected chi connectivity index (χ2v) is 8.12. The maximum absolute atomic E-state index is 12.5. The number of nitrogens with one attached hydrogen (secondary N) is 1. The fourth-order valence-electron chi connectivity index (χ4n) is 3.12. The van der Waals surface area contributed by atoms with Gasteiger partial charge in [0.05, 0.1) is 17.7 Å². The van der Waals surface area contributed by atoms with Crippen LogP contribution in [0.3, 0.4) is 0 Å². The molecule has 2 aromatic carbocycles. The van der Waals surface area contributed by atoms with E-state index in [2.05, 4.69) is 16.9 Å². The SMILES string of the molecule is C=CCc1cc(/C=C2\SC(=Nc3cccc(C)c3C)NC2=O)cc(OC)c1OCC(=O)O. The third kappa shape index (κ3) is 5.39. The molecule has 0 radical (unpaired) electrons. The number of carboxylic acids is 1. The molecule has 1 heterocycles. The Morgan fingerprint density at radius 3 is 2.78 bits per heavy atom. The second kappa shape index (κ2) is 10.2. The predicted molar refractivity (Wildman–Crippen MR) is 127 cm³/mol. The largest absolute Gasteiger partial charge is 0.493 e. The van der Waals surface area contributed by atoms with Crippen molar-refractivity contribution in [3.8, 4) is 11.5 Å². The van der Waals surface area contributed by atoms with E-state index in [9.17, 15) is 9.59 Å². The van der Waals surface area contributed by atoms with Crippen LogP contribution in [0.5, 0.6) is 11.5 Å². The summed E-state index contributed by atoms with van der Waals surface area (Å²) in [6.45, 7) is 7.27. The van der Waals surface area contributed by atoms with E-state index in [4.69, 9.17) is 14.6 Å². The van der Waals surface area contributed by atoms with Gasteiger partial charge in [0.15, 0.2) is 23.3 Å². The number of carbonyl (C=O) groups is 2. The minimum atomic E-state index is -1.09. The van der Waals surface area contributed by atoms with Gasteiger partial charge < -0.3 is 19.9 Å². The summed E-state index contributed by atoms with van der Waals surface area (Å²) in [6, 6.07) is 9.38. The third-order valence-electron chi connectivity index (χ3n) is 4.82. The monoisotopic (exact) mass is 452 g/mol. The van der Waals surface area contributed by atoms with Gasteiger partial charge in [0.2, 0.25) is 0 Å². The summed E-state index contributed by atoms with van der Waals surface area (Å²) < 4.78 is 10.8. The standard InChI is InChI=1S/C24H24N2O5S/c1-5-7-17-10-16(11-19(30-4)22(17)31-13-21(27)28)12-20-23(29)26-24(32-20)25-18-9-6-8-14(2)15(18)3/h5-6,8-12H,1,7,13H2,2-4H3,(H,27,28)(H,25,26,29)/b20-12-. The number of methoxy groups -OCH3 is 1. The molecule has 32 heavy (non-hydrogen) atoms. The molecule has 3 rings (SSSR count). The topological polar surface area (TPSA) is 97.2 Å². The number of carbonyl (C=O) groups excluding carboxylic acids is 1. The number of aliphatic imine (C=N–C) groups is 1. The molecular formula is C24H24N2O5S. The van der Waals surface area contributed by atoms with E-state index in [0.717, 1.165) is 16.8 Å². The summed E-state index contributed by atoms with van der Waals surface area (Å²) in [7, 11) is 1.48. The van der Waals surface area contributed by atoms with Crippen molar-refractivity contribution in [1.82, 2.24) is 5.32 Å². The van der Waals surface area contributed by atoms with Crippen molar-refractivity contribution in [2.75, 3.05) is 13.7 Å². The Kier molecular flexibility index (Phi) is 7.37. The van der Waals surface area contributed by atoms with Crippen LogP contribution in [0.1, 0.15) is 22.3 Å². The minimum Gasteiger partial charge on any atom is -0.493 e. The van der Waals surface area contributed by atoms with E-state index in [-0.39, 0.29) is 5.91 Å². The van der Waals surface area contributed by atoms with Gasteiger partial charge in [-0.05, 0) is 73.0 Å². The van der Waals surface area contributed by atoms with Crippen molar-refractivity contribution < 1.29 is 24.2 Å². The molecule has 2 aromatic rings. The maximum Gasteiger partial charge on any atom is 0.341 e. The molecule has 1 aliphatic heterocycles. The van der Waals surface area contributed by atoms with Gasteiger partial charge in [0.25, 0.3) is 5.91 Å². The first-order valence-corrected chi connectivity index (χ1v) is 10.7. The average Bonchev–Trinajstić information content (AvgIpc) is 3.09. The quantitative estimate of drug-likeness (QED) is 0.455. The van der Waals surface area contributed by atoms with Crippen LogP contribution in [0.15, 0.2) is 52.9 Å². The molecule has 2 N–H and O–H groups in total. The highest BCUT2D eigenvalue weighted by atomic mass is 32.2. The number of ether oxygens (including phenoxy) is 2. The number of nitrogens with zero attached hydrogens (tertiary/aromatic N) is 1. The van der Waals surface area contributed by atoms with Crippen LogP contribution in [0.4, 0.5) is 5.69 Å². The van der Waals surface area contributed by atoms with Gasteiger partial charge in [0.1, 0.15) is 0 Å². The number of amidine groups is 1. The number of aryl methyl sites for hydroxylation is 1. The van der Waals surface area contributed by atoms with E-state index in [1.807, 2.05) is 38.1 Å². The van der Waals surface area contributed by atoms with Gasteiger partial charge in [-0.1, -0.05) is 18.2 Å². The van der Waals surface area contributed by atoms with E-state index < -0.39 is 12.6 Å². The molecule has 0 atom stereocenters. The molecular weight excluding hydrogens is 428 g/mol. The van der Waals surface area contributed by atoms with Crippen LogP contribution in [0.25, 0.3) is 6.08 Å². The Balaban J connectivity index is 1.93. The number of thioether (sulfide) groups is 1. The Hall–Kier alpha value is -3.52. The lowest BCUT2D eigenvalue weighted by molar-refractivity contribution is -0.139. The normalized spacial score (nSPS) is 15.7. The fraction of sp³-hybridized carbons (Fsp3) is 0.208. The zero-order valence-electron chi connectivity index (χ0n) is 18.1. The van der Waals surface area contributed by atoms with Gasteiger partial charge >= 0.3 is 5.97 Å². The zero-order valence-corrected chi connectivity index (χ0v) is 18.9. The molecule has 0 spiro atoms. The highest BCUT2D eigenvalue weighted by Gasteiger charge is 2.24. The lowest BCUT2D eigenvalue weighted by atomic mass is 10.0. The summed E-state index contributed by atoms with van der Waals surface area (Å²) in [5.74, 6) is -0.602. The number of amides is 1. The third-order valence-corrected chi connectivity index (χ3v) is 5.73. The summed E-state index contributed by atoms with van der Waals surface area (Å²) in [5.41, 5.74) is 4.42. The zero-order chi connectivity index (χ0) is 23.3. The van der Waals surface area contributed by atoms with Crippen LogP contribution >= 0.6 is 11.8 Å². The van der Waals surface area contributed by atoms with Crippen molar-refractivity contribution in [3.05, 3.63) is 70.1 Å². The number of benzene rings is 2. The predicted octanol–water partition coefficient (Wildman–Crippen LogP) is 4.40. The Labute approximate surface area is 190 Å². The van der Waals surface area contributed by atoms with Crippen LogP contribution in [-0.4, -0.2) is 35.9 Å². The highest BCUT2D eigenvalue weighted by Crippen LogP contribution is 2.36. The molecule has 1 amide bonds. The lowest BCUT2D eigenvalue weighted by Crippen LogP contribution is -2.19. The first-order valence-electron chi connectivity index (χ1n) is 9.84. The molecule has 1 fully saturated rings. The molecule has 1 saturated heterocycles. The van der Waals surface area contributed by atoms with Crippen molar-refractivity contribution in [1.29, 1.82) is 0 Å². The van der Waals surface area contributed by atoms with E-state index in [1.165, 1.54) is 18.9 Å². The molecule has 0 unspecified atom stereocenters. The summed E-state index contributed by atoms with van der Waals surface area (Å²) in [6.07, 6.45) is 3.87. The van der Waals surface area contributed by atoms with E-state index in [1.54, 1.807) is 18.2 Å².